The molecule has 0 aliphatic heterocycles. The SMILES string of the molecule is CCOCCN(C)c1ccc(Nc2ccc3[nH]c4c(c3c2)CC(N(C)C)CC4)cc1. The number of benzene rings is 2. The Kier molecular flexibility index (Phi) is 6.30. The number of nitrogens with zero attached hydrogens (tertiary/aromatic N) is 2. The van der Waals surface area contributed by atoms with E-state index in [1.807, 2.05) is 6.92 Å². The fourth-order valence-electron chi connectivity index (χ4n) is 4.36. The van der Waals surface area contributed by atoms with Gasteiger partial charge in [0.1, 0.15) is 0 Å². The van der Waals surface area contributed by atoms with Crippen molar-refractivity contribution in [3.05, 3.63) is 53.7 Å². The summed E-state index contributed by atoms with van der Waals surface area (Å²) in [5.41, 5.74) is 7.59. The van der Waals surface area contributed by atoms with Gasteiger partial charge in [-0.05, 0) is 88.3 Å². The Bertz CT molecular complexity index is 977. The third kappa shape index (κ3) is 4.47. The topological polar surface area (TPSA) is 43.5 Å². The molecule has 0 fully saturated rings. The van der Waals surface area contributed by atoms with Gasteiger partial charge in [0, 0.05) is 59.9 Å². The average molecular weight is 407 g/mol. The Labute approximate surface area is 180 Å². The number of aromatic amines is 1. The monoisotopic (exact) mass is 406 g/mol. The fourth-order valence-corrected chi connectivity index (χ4v) is 4.36. The molecule has 0 saturated carbocycles. The number of aryl methyl sites for hydroxylation is 1. The highest BCUT2D eigenvalue weighted by atomic mass is 16.5. The summed E-state index contributed by atoms with van der Waals surface area (Å²) in [5.74, 6) is 0. The van der Waals surface area contributed by atoms with Crippen molar-refractivity contribution in [2.75, 3.05) is 51.1 Å². The lowest BCUT2D eigenvalue weighted by atomic mass is 9.91. The molecule has 1 unspecified atom stereocenters. The first-order chi connectivity index (χ1) is 14.5. The van der Waals surface area contributed by atoms with Crippen molar-refractivity contribution < 1.29 is 4.74 Å². The van der Waals surface area contributed by atoms with Crippen molar-refractivity contribution in [2.24, 2.45) is 0 Å². The van der Waals surface area contributed by atoms with E-state index in [4.69, 9.17) is 4.74 Å². The molecule has 0 spiro atoms. The number of fused-ring (bicyclic) bond motifs is 3. The molecular weight excluding hydrogens is 372 g/mol. The van der Waals surface area contributed by atoms with Crippen molar-refractivity contribution in [1.29, 1.82) is 0 Å². The number of H-pyrrole nitrogens is 1. The molecule has 1 heterocycles. The van der Waals surface area contributed by atoms with Gasteiger partial charge < -0.3 is 24.8 Å². The van der Waals surface area contributed by atoms with E-state index >= 15 is 0 Å². The minimum absolute atomic E-state index is 0.625. The van der Waals surface area contributed by atoms with E-state index in [0.717, 1.165) is 44.0 Å². The summed E-state index contributed by atoms with van der Waals surface area (Å²) in [5, 5.41) is 4.93. The zero-order valence-corrected chi connectivity index (χ0v) is 18.7. The Morgan fingerprint density at radius 2 is 1.83 bits per heavy atom. The summed E-state index contributed by atoms with van der Waals surface area (Å²) < 4.78 is 5.46. The van der Waals surface area contributed by atoms with Gasteiger partial charge in [-0.1, -0.05) is 0 Å². The lowest BCUT2D eigenvalue weighted by molar-refractivity contribution is 0.154. The van der Waals surface area contributed by atoms with Gasteiger partial charge in [0.25, 0.3) is 0 Å². The summed E-state index contributed by atoms with van der Waals surface area (Å²) in [6, 6.07) is 15.9. The molecule has 2 aromatic carbocycles. The lowest BCUT2D eigenvalue weighted by Gasteiger charge is -2.28. The van der Waals surface area contributed by atoms with Crippen LogP contribution in [-0.2, 0) is 17.6 Å². The summed E-state index contributed by atoms with van der Waals surface area (Å²) in [6.45, 7) is 4.44. The summed E-state index contributed by atoms with van der Waals surface area (Å²) in [7, 11) is 6.48. The number of hydrogen-bond donors (Lipinski definition) is 2. The first kappa shape index (κ1) is 20.8. The largest absolute Gasteiger partial charge is 0.380 e. The van der Waals surface area contributed by atoms with E-state index in [1.54, 1.807) is 0 Å². The van der Waals surface area contributed by atoms with E-state index in [9.17, 15) is 0 Å². The van der Waals surface area contributed by atoms with Crippen molar-refractivity contribution in [3.8, 4) is 0 Å². The van der Waals surface area contributed by atoms with Crippen LogP contribution in [0.2, 0.25) is 0 Å². The van der Waals surface area contributed by atoms with Crippen molar-refractivity contribution in [2.45, 2.75) is 32.2 Å². The molecule has 4 rings (SSSR count). The zero-order valence-electron chi connectivity index (χ0n) is 18.7. The third-order valence-electron chi connectivity index (χ3n) is 6.26. The zero-order chi connectivity index (χ0) is 21.1. The van der Waals surface area contributed by atoms with Gasteiger partial charge in [0.2, 0.25) is 0 Å². The Hall–Kier alpha value is -2.50. The lowest BCUT2D eigenvalue weighted by Crippen LogP contribution is -2.33. The number of ether oxygens (including phenoxy) is 1. The predicted octanol–water partition coefficient (Wildman–Crippen LogP) is 4.80. The second-order valence-electron chi connectivity index (χ2n) is 8.49. The molecule has 0 radical (unpaired) electrons. The van der Waals surface area contributed by atoms with Gasteiger partial charge in [0.05, 0.1) is 6.61 Å². The summed E-state index contributed by atoms with van der Waals surface area (Å²) >= 11 is 0. The Morgan fingerprint density at radius 1 is 1.07 bits per heavy atom. The van der Waals surface area contributed by atoms with Gasteiger partial charge in [-0.25, -0.2) is 0 Å². The van der Waals surface area contributed by atoms with Crippen LogP contribution in [0.5, 0.6) is 0 Å². The van der Waals surface area contributed by atoms with Gasteiger partial charge in [-0.2, -0.15) is 0 Å². The number of aromatic nitrogens is 1. The standard InChI is InChI=1S/C25H34N4O/c1-5-30-15-14-29(4)20-9-6-18(7-10-20)26-19-8-12-24-22(16-19)23-17-21(28(2)3)11-13-25(23)27-24/h6-10,12,16,21,26-27H,5,11,13-15,17H2,1-4H3. The molecule has 3 aromatic rings. The molecule has 5 nitrogen and oxygen atoms in total. The summed E-state index contributed by atoms with van der Waals surface area (Å²) in [6.07, 6.45) is 3.48. The van der Waals surface area contributed by atoms with Crippen molar-refractivity contribution in [1.82, 2.24) is 9.88 Å². The molecule has 0 bridgehead atoms. The highest BCUT2D eigenvalue weighted by Gasteiger charge is 2.23. The second-order valence-corrected chi connectivity index (χ2v) is 8.49. The highest BCUT2D eigenvalue weighted by molar-refractivity contribution is 5.88. The summed E-state index contributed by atoms with van der Waals surface area (Å²) in [4.78, 5) is 8.22. The average Bonchev–Trinajstić information content (AvgIpc) is 3.11. The number of rotatable bonds is 8. The van der Waals surface area contributed by atoms with E-state index in [2.05, 4.69) is 83.7 Å². The van der Waals surface area contributed by atoms with Crippen LogP contribution in [0.4, 0.5) is 17.1 Å². The maximum atomic E-state index is 5.46. The number of likely N-dealkylation sites (N-methyl/N-ethyl adjacent to an activating group) is 2. The molecule has 1 atom stereocenters. The van der Waals surface area contributed by atoms with Gasteiger partial charge in [0.15, 0.2) is 0 Å². The minimum Gasteiger partial charge on any atom is -0.380 e. The number of nitrogens with one attached hydrogen (secondary N) is 2. The van der Waals surface area contributed by atoms with Crippen LogP contribution in [0, 0.1) is 0 Å². The first-order valence-corrected chi connectivity index (χ1v) is 11.0. The van der Waals surface area contributed by atoms with Crippen LogP contribution >= 0.6 is 0 Å². The van der Waals surface area contributed by atoms with E-state index in [0.29, 0.717) is 6.04 Å². The molecule has 1 aromatic heterocycles. The predicted molar refractivity (Wildman–Crippen MR) is 127 cm³/mol. The van der Waals surface area contributed by atoms with E-state index < -0.39 is 0 Å². The Balaban J connectivity index is 1.48. The molecular formula is C25H34N4O. The molecule has 0 saturated heterocycles. The molecule has 1 aliphatic carbocycles. The molecule has 160 valence electrons. The molecule has 1 aliphatic rings. The quantitative estimate of drug-likeness (QED) is 0.527. The third-order valence-corrected chi connectivity index (χ3v) is 6.26. The maximum absolute atomic E-state index is 5.46. The Morgan fingerprint density at radius 3 is 2.57 bits per heavy atom. The van der Waals surface area contributed by atoms with Crippen LogP contribution in [-0.4, -0.2) is 56.8 Å². The van der Waals surface area contributed by atoms with Crippen molar-refractivity contribution >= 4 is 28.0 Å². The van der Waals surface area contributed by atoms with Gasteiger partial charge >= 0.3 is 0 Å². The van der Waals surface area contributed by atoms with Crippen LogP contribution < -0.4 is 10.2 Å². The number of anilines is 3. The number of hydrogen-bond acceptors (Lipinski definition) is 4. The smallest absolute Gasteiger partial charge is 0.0641 e. The molecule has 0 amide bonds. The van der Waals surface area contributed by atoms with Gasteiger partial charge in [-0.15, -0.1) is 0 Å². The first-order valence-electron chi connectivity index (χ1n) is 11.0. The molecule has 30 heavy (non-hydrogen) atoms. The fraction of sp³-hybridized carbons (Fsp3) is 0.440. The maximum Gasteiger partial charge on any atom is 0.0641 e. The molecule has 5 heteroatoms. The van der Waals surface area contributed by atoms with Crippen LogP contribution in [0.3, 0.4) is 0 Å². The molecule has 2 N–H and O–H groups in total. The van der Waals surface area contributed by atoms with Crippen molar-refractivity contribution in [3.63, 3.8) is 0 Å². The van der Waals surface area contributed by atoms with Crippen LogP contribution in [0.1, 0.15) is 24.6 Å². The van der Waals surface area contributed by atoms with Crippen LogP contribution in [0.25, 0.3) is 10.9 Å². The van der Waals surface area contributed by atoms with Crippen LogP contribution in [0.15, 0.2) is 42.5 Å². The van der Waals surface area contributed by atoms with Gasteiger partial charge in [-0.3, -0.25) is 0 Å². The van der Waals surface area contributed by atoms with E-state index in [-0.39, 0.29) is 0 Å². The van der Waals surface area contributed by atoms with E-state index in [1.165, 1.54) is 34.3 Å². The minimum atomic E-state index is 0.625. The normalized spacial score (nSPS) is 16.1. The second kappa shape index (κ2) is 9.11. The highest BCUT2D eigenvalue weighted by Crippen LogP contribution is 2.33.